The predicted octanol–water partition coefficient (Wildman–Crippen LogP) is 5.24. The molecule has 0 aliphatic heterocycles. The second kappa shape index (κ2) is 6.19. The van der Waals surface area contributed by atoms with Crippen molar-refractivity contribution in [2.75, 3.05) is 7.11 Å². The molecule has 0 N–H and O–H groups in total. The summed E-state index contributed by atoms with van der Waals surface area (Å²) in [5.41, 5.74) is 2.78. The molecule has 1 aliphatic carbocycles. The van der Waals surface area contributed by atoms with Gasteiger partial charge in [0.1, 0.15) is 5.75 Å². The van der Waals surface area contributed by atoms with Crippen molar-refractivity contribution in [1.29, 1.82) is 0 Å². The fourth-order valence-electron chi connectivity index (χ4n) is 2.21. The molecule has 0 bridgehead atoms. The Morgan fingerprint density at radius 1 is 1.05 bits per heavy atom. The van der Waals surface area contributed by atoms with Gasteiger partial charge < -0.3 is 4.74 Å². The number of hydrogen-bond donors (Lipinski definition) is 0. The van der Waals surface area contributed by atoms with Crippen molar-refractivity contribution in [3.05, 3.63) is 65.6 Å². The average Bonchev–Trinajstić information content (AvgIpc) is 3.34. The molecule has 2 aromatic rings. The van der Waals surface area contributed by atoms with E-state index in [1.54, 1.807) is 7.11 Å². The summed E-state index contributed by atoms with van der Waals surface area (Å²) in [7, 11) is 1.71. The molecule has 2 heteroatoms. The van der Waals surface area contributed by atoms with Crippen LogP contribution in [0, 0.1) is 5.92 Å². The minimum atomic E-state index is 0.736. The summed E-state index contributed by atoms with van der Waals surface area (Å²) in [4.78, 5) is 1.29. The van der Waals surface area contributed by atoms with Crippen LogP contribution < -0.4 is 4.74 Å². The normalized spacial score (nSPS) is 15.2. The van der Waals surface area contributed by atoms with Crippen LogP contribution in [-0.4, -0.2) is 7.11 Å². The van der Waals surface area contributed by atoms with Crippen LogP contribution in [0.3, 0.4) is 0 Å². The Morgan fingerprint density at radius 2 is 1.75 bits per heavy atom. The summed E-state index contributed by atoms with van der Waals surface area (Å²) in [5, 5.41) is 2.31. The van der Waals surface area contributed by atoms with Crippen molar-refractivity contribution < 1.29 is 4.74 Å². The number of allylic oxidation sites excluding steroid dienone is 1. The van der Waals surface area contributed by atoms with Crippen LogP contribution in [0.4, 0.5) is 0 Å². The van der Waals surface area contributed by atoms with Gasteiger partial charge in [-0.15, -0.1) is 0 Å². The summed E-state index contributed by atoms with van der Waals surface area (Å²) in [5.74, 6) is 1.65. The zero-order valence-electron chi connectivity index (χ0n) is 11.6. The third-order valence-electron chi connectivity index (χ3n) is 3.51. The molecular formula is C18H18OS. The maximum atomic E-state index is 5.23. The number of benzene rings is 2. The van der Waals surface area contributed by atoms with Crippen LogP contribution in [0.25, 0.3) is 5.57 Å². The summed E-state index contributed by atoms with van der Waals surface area (Å²) in [6, 6.07) is 18.9. The molecule has 0 amide bonds. The van der Waals surface area contributed by atoms with Gasteiger partial charge in [0.15, 0.2) is 0 Å². The summed E-state index contributed by atoms with van der Waals surface area (Å²) < 4.78 is 5.23. The van der Waals surface area contributed by atoms with Crippen molar-refractivity contribution in [1.82, 2.24) is 0 Å². The minimum Gasteiger partial charge on any atom is -0.497 e. The van der Waals surface area contributed by atoms with E-state index in [4.69, 9.17) is 4.74 Å². The molecule has 1 nitrogen and oxygen atoms in total. The Bertz CT molecular complexity index is 583. The van der Waals surface area contributed by atoms with E-state index in [1.165, 1.54) is 28.9 Å². The van der Waals surface area contributed by atoms with Crippen LogP contribution >= 0.6 is 11.8 Å². The third kappa shape index (κ3) is 3.26. The van der Waals surface area contributed by atoms with Crippen molar-refractivity contribution >= 4 is 17.3 Å². The van der Waals surface area contributed by atoms with Crippen LogP contribution in [0.2, 0.25) is 0 Å². The molecule has 0 aromatic heterocycles. The van der Waals surface area contributed by atoms with Crippen LogP contribution in [0.15, 0.2) is 64.9 Å². The third-order valence-corrected chi connectivity index (χ3v) is 4.42. The number of ether oxygens (including phenoxy) is 1. The fraction of sp³-hybridized carbons (Fsp3) is 0.222. The second-order valence-electron chi connectivity index (χ2n) is 5.01. The first-order chi connectivity index (χ1) is 9.86. The standard InChI is InChI=1S/C18H18OS/c1-19-16-11-9-15(10-12-16)18(14-7-8-14)13-20-17-5-3-2-4-6-17/h2-6,9-14H,7-8H2,1H3/b18-13+. The molecule has 0 saturated heterocycles. The zero-order chi connectivity index (χ0) is 13.8. The van der Waals surface area contributed by atoms with Crippen LogP contribution in [0.1, 0.15) is 18.4 Å². The van der Waals surface area contributed by atoms with Gasteiger partial charge in [0.2, 0.25) is 0 Å². The van der Waals surface area contributed by atoms with E-state index in [2.05, 4.69) is 47.9 Å². The molecule has 102 valence electrons. The smallest absolute Gasteiger partial charge is 0.118 e. The molecular weight excluding hydrogens is 264 g/mol. The highest BCUT2D eigenvalue weighted by Crippen LogP contribution is 2.43. The van der Waals surface area contributed by atoms with E-state index in [9.17, 15) is 0 Å². The molecule has 1 aliphatic rings. The van der Waals surface area contributed by atoms with Gasteiger partial charge in [0, 0.05) is 4.90 Å². The van der Waals surface area contributed by atoms with Crippen molar-refractivity contribution in [3.8, 4) is 5.75 Å². The van der Waals surface area contributed by atoms with E-state index >= 15 is 0 Å². The lowest BCUT2D eigenvalue weighted by molar-refractivity contribution is 0.415. The van der Waals surface area contributed by atoms with Gasteiger partial charge in [0.05, 0.1) is 7.11 Å². The lowest BCUT2D eigenvalue weighted by Crippen LogP contribution is -1.88. The van der Waals surface area contributed by atoms with Gasteiger partial charge in [-0.2, -0.15) is 0 Å². The van der Waals surface area contributed by atoms with Gasteiger partial charge in [-0.25, -0.2) is 0 Å². The number of hydrogen-bond acceptors (Lipinski definition) is 2. The predicted molar refractivity (Wildman–Crippen MR) is 86.0 cm³/mol. The Labute approximate surface area is 124 Å². The van der Waals surface area contributed by atoms with Crippen molar-refractivity contribution in [2.45, 2.75) is 17.7 Å². The van der Waals surface area contributed by atoms with Crippen LogP contribution in [-0.2, 0) is 0 Å². The first kappa shape index (κ1) is 13.3. The fourth-order valence-corrected chi connectivity index (χ4v) is 3.11. The van der Waals surface area contributed by atoms with Gasteiger partial charge in [0.25, 0.3) is 0 Å². The lowest BCUT2D eigenvalue weighted by atomic mass is 10.0. The molecule has 0 unspecified atom stereocenters. The zero-order valence-corrected chi connectivity index (χ0v) is 12.4. The molecule has 1 fully saturated rings. The quantitative estimate of drug-likeness (QED) is 0.694. The molecule has 0 radical (unpaired) electrons. The molecule has 0 heterocycles. The highest BCUT2D eigenvalue weighted by Gasteiger charge is 2.26. The maximum absolute atomic E-state index is 5.23. The van der Waals surface area contributed by atoms with Gasteiger partial charge in [-0.05, 0) is 59.6 Å². The summed E-state index contributed by atoms with van der Waals surface area (Å²) in [6.45, 7) is 0. The van der Waals surface area contributed by atoms with E-state index in [-0.39, 0.29) is 0 Å². The molecule has 3 rings (SSSR count). The van der Waals surface area contributed by atoms with Gasteiger partial charge in [-0.3, -0.25) is 0 Å². The van der Waals surface area contributed by atoms with Crippen molar-refractivity contribution in [2.24, 2.45) is 5.92 Å². The van der Waals surface area contributed by atoms with Gasteiger partial charge >= 0.3 is 0 Å². The number of thioether (sulfide) groups is 1. The maximum Gasteiger partial charge on any atom is 0.118 e. The Kier molecular flexibility index (Phi) is 4.12. The Morgan fingerprint density at radius 3 is 2.35 bits per heavy atom. The van der Waals surface area contributed by atoms with E-state index < -0.39 is 0 Å². The first-order valence-corrected chi connectivity index (χ1v) is 7.81. The molecule has 0 atom stereocenters. The second-order valence-corrected chi connectivity index (χ2v) is 5.95. The van der Waals surface area contributed by atoms with Gasteiger partial charge in [-0.1, -0.05) is 42.1 Å². The van der Waals surface area contributed by atoms with Crippen molar-refractivity contribution in [3.63, 3.8) is 0 Å². The molecule has 0 spiro atoms. The van der Waals surface area contributed by atoms with E-state index in [0.29, 0.717) is 0 Å². The minimum absolute atomic E-state index is 0.736. The van der Waals surface area contributed by atoms with E-state index in [0.717, 1.165) is 11.7 Å². The lowest BCUT2D eigenvalue weighted by Gasteiger charge is -2.08. The SMILES string of the molecule is COc1ccc(/C(=C/Sc2ccccc2)C2CC2)cc1. The summed E-state index contributed by atoms with van der Waals surface area (Å²) in [6.07, 6.45) is 2.63. The average molecular weight is 282 g/mol. The highest BCUT2D eigenvalue weighted by atomic mass is 32.2. The first-order valence-electron chi connectivity index (χ1n) is 6.93. The monoisotopic (exact) mass is 282 g/mol. The van der Waals surface area contributed by atoms with Crippen LogP contribution in [0.5, 0.6) is 5.75 Å². The number of rotatable bonds is 5. The Hall–Kier alpha value is -1.67. The highest BCUT2D eigenvalue weighted by molar-refractivity contribution is 8.02. The van der Waals surface area contributed by atoms with E-state index in [1.807, 2.05) is 23.9 Å². The molecule has 20 heavy (non-hydrogen) atoms. The molecule has 2 aromatic carbocycles. The largest absolute Gasteiger partial charge is 0.497 e. The Balaban J connectivity index is 1.81. The topological polar surface area (TPSA) is 9.23 Å². The molecule has 1 saturated carbocycles. The number of methoxy groups -OCH3 is 1. The summed E-state index contributed by atoms with van der Waals surface area (Å²) >= 11 is 1.81.